The molecule has 254 valence electrons. The predicted octanol–water partition coefficient (Wildman–Crippen LogP) is 2.91. The van der Waals surface area contributed by atoms with Crippen LogP contribution in [0.2, 0.25) is 0 Å². The lowest BCUT2D eigenvalue weighted by Gasteiger charge is -2.67. The highest BCUT2D eigenvalue weighted by Gasteiger charge is 2.69. The molecule has 0 radical (unpaired) electrons. The second-order valence-corrected chi connectivity index (χ2v) is 16.8. The molecule has 7 N–H and O–H groups in total. The molecule has 1 heterocycles. The average molecular weight is 625 g/mol. The molecule has 4 aliphatic carbocycles. The molecule has 5 fully saturated rings. The van der Waals surface area contributed by atoms with Crippen molar-refractivity contribution >= 4 is 0 Å². The number of hydrogen-bond donors (Lipinski definition) is 7. The first-order valence-electron chi connectivity index (χ1n) is 17.1. The third-order valence-electron chi connectivity index (χ3n) is 13.7. The summed E-state index contributed by atoms with van der Waals surface area (Å²) in [7, 11) is 0. The van der Waals surface area contributed by atoms with Crippen molar-refractivity contribution in [1.82, 2.24) is 0 Å². The molecule has 1 saturated heterocycles. The second-order valence-electron chi connectivity index (χ2n) is 16.8. The van der Waals surface area contributed by atoms with Crippen molar-refractivity contribution in [3.05, 3.63) is 11.6 Å². The van der Waals surface area contributed by atoms with E-state index in [0.29, 0.717) is 32.1 Å². The molecule has 16 unspecified atom stereocenters. The summed E-state index contributed by atoms with van der Waals surface area (Å²) < 4.78 is 12.5. The lowest BCUT2D eigenvalue weighted by molar-refractivity contribution is -0.335. The van der Waals surface area contributed by atoms with Gasteiger partial charge in [-0.2, -0.15) is 0 Å². The summed E-state index contributed by atoms with van der Waals surface area (Å²) in [6.45, 7) is 14.3. The van der Waals surface area contributed by atoms with Crippen molar-refractivity contribution in [2.75, 3.05) is 6.61 Å². The van der Waals surface area contributed by atoms with Gasteiger partial charge in [0.1, 0.15) is 24.4 Å². The van der Waals surface area contributed by atoms with Gasteiger partial charge in [0.15, 0.2) is 6.29 Å². The van der Waals surface area contributed by atoms with E-state index in [-0.39, 0.29) is 40.4 Å². The van der Waals surface area contributed by atoms with Gasteiger partial charge in [-0.25, -0.2) is 0 Å². The van der Waals surface area contributed by atoms with Crippen molar-refractivity contribution in [3.63, 3.8) is 0 Å². The van der Waals surface area contributed by atoms with Crippen LogP contribution in [0.4, 0.5) is 0 Å². The molecule has 1 aliphatic heterocycles. The summed E-state index contributed by atoms with van der Waals surface area (Å²) in [5.41, 5.74) is -0.541. The lowest BCUT2D eigenvalue weighted by Crippen LogP contribution is -2.66. The maximum atomic E-state index is 12.1. The quantitative estimate of drug-likeness (QED) is 0.211. The maximum Gasteiger partial charge on any atom is 0.187 e. The van der Waals surface area contributed by atoms with Gasteiger partial charge in [-0.3, -0.25) is 0 Å². The molecule has 4 saturated carbocycles. The highest BCUT2D eigenvalue weighted by atomic mass is 16.7. The standard InChI is InChI=1S/C35H60O9/c1-18(2)9-8-12-35(7,44-31-29(42)28(41)27(40)24(17-36)43-31)19-10-13-33(5)20-16-23(38)30-32(3,4)25(39)11-14-34(30,6)21(20)15-22(37)26(19)33/h9,19-31,36-42H,8,10-17H2,1-7H3. The van der Waals surface area contributed by atoms with Gasteiger partial charge in [0.05, 0.1) is 30.5 Å². The van der Waals surface area contributed by atoms with E-state index in [9.17, 15) is 35.7 Å². The summed E-state index contributed by atoms with van der Waals surface area (Å²) in [5, 5.41) is 76.5. The molecule has 44 heavy (non-hydrogen) atoms. The Labute approximate surface area is 263 Å². The van der Waals surface area contributed by atoms with Gasteiger partial charge in [0, 0.05) is 0 Å². The van der Waals surface area contributed by atoms with E-state index in [1.807, 2.05) is 20.8 Å². The van der Waals surface area contributed by atoms with Crippen LogP contribution in [0, 0.1) is 45.8 Å². The largest absolute Gasteiger partial charge is 0.394 e. The fourth-order valence-electron chi connectivity index (χ4n) is 11.5. The third-order valence-corrected chi connectivity index (χ3v) is 13.7. The monoisotopic (exact) mass is 624 g/mol. The molecular formula is C35H60O9. The van der Waals surface area contributed by atoms with Gasteiger partial charge in [0.2, 0.25) is 0 Å². The zero-order chi connectivity index (χ0) is 32.6. The molecule has 0 amide bonds. The second kappa shape index (κ2) is 12.1. The summed E-state index contributed by atoms with van der Waals surface area (Å²) in [5.74, 6) is 0.181. The van der Waals surface area contributed by atoms with Gasteiger partial charge in [0.25, 0.3) is 0 Å². The zero-order valence-electron chi connectivity index (χ0n) is 27.9. The van der Waals surface area contributed by atoms with E-state index < -0.39 is 66.6 Å². The van der Waals surface area contributed by atoms with Crippen molar-refractivity contribution in [2.45, 2.75) is 154 Å². The van der Waals surface area contributed by atoms with Crippen LogP contribution in [0.1, 0.15) is 99.8 Å². The lowest BCUT2D eigenvalue weighted by atomic mass is 9.39. The highest BCUT2D eigenvalue weighted by molar-refractivity contribution is 5.18. The van der Waals surface area contributed by atoms with E-state index in [4.69, 9.17) is 9.47 Å². The van der Waals surface area contributed by atoms with E-state index >= 15 is 0 Å². The summed E-state index contributed by atoms with van der Waals surface area (Å²) >= 11 is 0. The fourth-order valence-corrected chi connectivity index (χ4v) is 11.5. The van der Waals surface area contributed by atoms with E-state index in [1.165, 1.54) is 5.57 Å². The van der Waals surface area contributed by atoms with Crippen LogP contribution >= 0.6 is 0 Å². The van der Waals surface area contributed by atoms with Gasteiger partial charge >= 0.3 is 0 Å². The molecule has 5 aliphatic rings. The molecule has 0 spiro atoms. The Bertz CT molecular complexity index is 1060. The first kappa shape index (κ1) is 34.7. The van der Waals surface area contributed by atoms with E-state index in [1.54, 1.807) is 0 Å². The maximum absolute atomic E-state index is 12.1. The smallest absolute Gasteiger partial charge is 0.187 e. The Morgan fingerprint density at radius 2 is 1.48 bits per heavy atom. The molecule has 9 heteroatoms. The number of aliphatic hydroxyl groups is 7. The molecule has 0 aromatic rings. The number of aliphatic hydroxyl groups excluding tert-OH is 7. The number of fused-ring (bicyclic) bond motifs is 5. The number of ether oxygens (including phenoxy) is 2. The topological polar surface area (TPSA) is 160 Å². The van der Waals surface area contributed by atoms with Crippen LogP contribution in [0.15, 0.2) is 11.6 Å². The molecule has 0 aromatic carbocycles. The summed E-state index contributed by atoms with van der Waals surface area (Å²) in [4.78, 5) is 0. The summed E-state index contributed by atoms with van der Waals surface area (Å²) in [6.07, 6.45) is -0.449. The summed E-state index contributed by atoms with van der Waals surface area (Å²) in [6, 6.07) is 0. The number of rotatable bonds is 7. The Kier molecular flexibility index (Phi) is 9.56. The number of allylic oxidation sites excluding steroid dienone is 2. The SMILES string of the molecule is CC(C)=CCCC(C)(OC1OC(CO)C(O)C(O)C1O)C1CCC2(C)C3CC(O)C4C(C)(C)C(O)CCC4(C)C3CC(O)C12. The van der Waals surface area contributed by atoms with Gasteiger partial charge in [-0.15, -0.1) is 0 Å². The van der Waals surface area contributed by atoms with Crippen LogP contribution < -0.4 is 0 Å². The normalized spacial score (nSPS) is 51.5. The van der Waals surface area contributed by atoms with Crippen LogP contribution in [0.5, 0.6) is 0 Å². The molecular weight excluding hydrogens is 564 g/mol. The predicted molar refractivity (Wildman–Crippen MR) is 165 cm³/mol. The minimum Gasteiger partial charge on any atom is -0.394 e. The Morgan fingerprint density at radius 1 is 0.864 bits per heavy atom. The first-order chi connectivity index (χ1) is 20.4. The van der Waals surface area contributed by atoms with Crippen molar-refractivity contribution in [3.8, 4) is 0 Å². The van der Waals surface area contributed by atoms with Crippen LogP contribution in [0.3, 0.4) is 0 Å². The Hall–Kier alpha value is -0.620. The van der Waals surface area contributed by atoms with Crippen molar-refractivity contribution in [1.29, 1.82) is 0 Å². The minimum absolute atomic E-state index is 0.0478. The molecule has 16 atom stereocenters. The van der Waals surface area contributed by atoms with E-state index in [2.05, 4.69) is 33.8 Å². The minimum atomic E-state index is -1.53. The Balaban J connectivity index is 1.47. The number of hydrogen-bond acceptors (Lipinski definition) is 9. The van der Waals surface area contributed by atoms with Crippen LogP contribution in [-0.4, -0.2) is 97.0 Å². The molecule has 0 bridgehead atoms. The highest BCUT2D eigenvalue weighted by Crippen LogP contribution is 2.71. The van der Waals surface area contributed by atoms with Crippen molar-refractivity contribution in [2.24, 2.45) is 45.8 Å². The third kappa shape index (κ3) is 5.44. The first-order valence-corrected chi connectivity index (χ1v) is 17.1. The van der Waals surface area contributed by atoms with Gasteiger partial charge < -0.3 is 45.2 Å². The van der Waals surface area contributed by atoms with Crippen LogP contribution in [-0.2, 0) is 9.47 Å². The Morgan fingerprint density at radius 3 is 2.11 bits per heavy atom. The zero-order valence-corrected chi connectivity index (χ0v) is 27.9. The van der Waals surface area contributed by atoms with Gasteiger partial charge in [-0.1, -0.05) is 39.3 Å². The van der Waals surface area contributed by atoms with Crippen molar-refractivity contribution < 1.29 is 45.2 Å². The van der Waals surface area contributed by atoms with Crippen LogP contribution in [0.25, 0.3) is 0 Å². The molecule has 5 rings (SSSR count). The molecule has 9 nitrogen and oxygen atoms in total. The molecule has 0 aromatic heterocycles. The fraction of sp³-hybridized carbons (Fsp3) is 0.943. The average Bonchev–Trinajstić information content (AvgIpc) is 3.32. The van der Waals surface area contributed by atoms with E-state index in [0.717, 1.165) is 19.3 Å². The van der Waals surface area contributed by atoms with Gasteiger partial charge in [-0.05, 0) is 118 Å².